The summed E-state index contributed by atoms with van der Waals surface area (Å²) in [5, 5.41) is 11.3. The molecule has 1 aliphatic rings. The molecule has 1 aliphatic heterocycles. The summed E-state index contributed by atoms with van der Waals surface area (Å²) in [7, 11) is 0. The summed E-state index contributed by atoms with van der Waals surface area (Å²) in [6.07, 6.45) is -7.59. The first-order valence-corrected chi connectivity index (χ1v) is 1.88. The van der Waals surface area contributed by atoms with E-state index in [1.54, 1.807) is 0 Å². The maximum absolute atomic E-state index is 9.37. The molecule has 1 rings (SSSR count). The van der Waals surface area contributed by atoms with Crippen LogP contribution in [0.5, 0.6) is 0 Å². The Morgan fingerprint density at radius 1 is 2.00 bits per heavy atom. The average molecular weight is 108 g/mol. The Hall–Kier alpha value is -0.0800. The molecule has 3 atom stereocenters. The van der Waals surface area contributed by atoms with Crippen LogP contribution in [0, 0.1) is 0 Å². The monoisotopic (exact) mass is 108 g/mol. The predicted octanol–water partition coefficient (Wildman–Crippen LogP) is -0.269. The van der Waals surface area contributed by atoms with E-state index >= 15 is 0 Å². The lowest BCUT2D eigenvalue weighted by Gasteiger charge is -2.16. The highest BCUT2D eigenvalue weighted by Crippen LogP contribution is 1.98. The van der Waals surface area contributed by atoms with Gasteiger partial charge in [0.25, 0.3) is 0 Å². The minimum absolute atomic E-state index is 1.51. The molecule has 0 bridgehead atoms. The number of aliphatic hydroxyl groups is 1. The van der Waals surface area contributed by atoms with E-state index in [2.05, 4.69) is 0 Å². The Morgan fingerprint density at radius 2 is 2.86 bits per heavy atom. The molecule has 2 nitrogen and oxygen atoms in total. The van der Waals surface area contributed by atoms with Crippen LogP contribution in [0.1, 0.15) is 22.4 Å². The van der Waals surface area contributed by atoms with E-state index in [9.17, 15) is 5.11 Å². The van der Waals surface area contributed by atoms with Gasteiger partial charge in [-0.3, -0.25) is 0 Å². The van der Waals surface area contributed by atoms with E-state index in [0.29, 0.717) is 0 Å². The molecule has 1 saturated heterocycles. The van der Waals surface area contributed by atoms with E-state index < -0.39 is 31.9 Å². The minimum Gasteiger partial charge on any atom is -0.392 e. The van der Waals surface area contributed by atoms with Gasteiger partial charge >= 0.3 is 0 Å². The van der Waals surface area contributed by atoms with Gasteiger partial charge in [0.05, 0.1) is 7.45 Å². The number of β-amino-alcohol motifs (C(OH)–C–C–N with tert-alkyl or cyclic N) is 1. The van der Waals surface area contributed by atoms with Gasteiger partial charge in [-0.1, -0.05) is 0 Å². The van der Waals surface area contributed by atoms with Gasteiger partial charge in [0, 0.05) is 14.7 Å². The Bertz CT molecular complexity index is 242. The lowest BCUT2D eigenvalue weighted by atomic mass is 10.1. The highest BCUT2D eigenvalue weighted by Gasteiger charge is 2.06. The SMILES string of the molecule is [2H]C1NC([2H])([2H])C([2H])(O)C([2H])([2H])C1[2H]. The zero-order valence-corrected chi connectivity index (χ0v) is 3.60. The van der Waals surface area contributed by atoms with Gasteiger partial charge in [0.15, 0.2) is 0 Å². The van der Waals surface area contributed by atoms with Gasteiger partial charge < -0.3 is 10.4 Å². The molecule has 3 unspecified atom stereocenters. The molecular weight excluding hydrogens is 90.1 g/mol. The van der Waals surface area contributed by atoms with E-state index in [4.69, 9.17) is 9.60 Å². The van der Waals surface area contributed by atoms with Crippen molar-refractivity contribution < 1.29 is 14.7 Å². The van der Waals surface area contributed by atoms with Crippen molar-refractivity contribution in [2.45, 2.75) is 18.8 Å². The minimum atomic E-state index is -3.08. The highest BCUT2D eigenvalue weighted by atomic mass is 16.3. The van der Waals surface area contributed by atoms with Gasteiger partial charge in [0.2, 0.25) is 0 Å². The first-order valence-electron chi connectivity index (χ1n) is 5.54. The predicted molar refractivity (Wildman–Crippen MR) is 28.1 cm³/mol. The molecular formula is C5H11NO. The van der Waals surface area contributed by atoms with Crippen LogP contribution in [0.25, 0.3) is 0 Å². The van der Waals surface area contributed by atoms with E-state index in [0.717, 1.165) is 0 Å². The summed E-state index contributed by atoms with van der Waals surface area (Å²) >= 11 is 0. The number of hydrogen-bond donors (Lipinski definition) is 2. The molecule has 0 aromatic rings. The fourth-order valence-electron chi connectivity index (χ4n) is 0.308. The van der Waals surface area contributed by atoms with Crippen molar-refractivity contribution in [3.8, 4) is 0 Å². The molecule has 1 heterocycles. The molecule has 1 fully saturated rings. The number of nitrogens with one attached hydrogen (secondary N) is 1. The third kappa shape index (κ3) is 1.45. The molecule has 2 heteroatoms. The first kappa shape index (κ1) is 1.25. The fraction of sp³-hybridized carbons (Fsp3) is 1.00. The topological polar surface area (TPSA) is 32.3 Å². The van der Waals surface area contributed by atoms with Crippen LogP contribution in [0.2, 0.25) is 0 Å². The lowest BCUT2D eigenvalue weighted by Crippen LogP contribution is -2.33. The van der Waals surface area contributed by atoms with Crippen LogP contribution in [0.15, 0.2) is 0 Å². The molecule has 0 aromatic heterocycles. The zero-order valence-electron chi connectivity index (χ0n) is 10.6. The quantitative estimate of drug-likeness (QED) is 0.448. The third-order valence-corrected chi connectivity index (χ3v) is 0.577. The summed E-state index contributed by atoms with van der Waals surface area (Å²) in [4.78, 5) is 0. The fourth-order valence-corrected chi connectivity index (χ4v) is 0.308. The van der Waals surface area contributed by atoms with Crippen molar-refractivity contribution in [3.05, 3.63) is 0 Å². The average Bonchev–Trinajstić information content (AvgIpc) is 1.99. The number of hydrogen-bond acceptors (Lipinski definition) is 2. The van der Waals surface area contributed by atoms with Crippen LogP contribution < -0.4 is 5.32 Å². The second-order valence-corrected chi connectivity index (χ2v) is 1.10. The van der Waals surface area contributed by atoms with Gasteiger partial charge in [-0.05, 0) is 19.3 Å². The molecule has 42 valence electrons. The van der Waals surface area contributed by atoms with Crippen molar-refractivity contribution >= 4 is 0 Å². The van der Waals surface area contributed by atoms with Crippen LogP contribution >= 0.6 is 0 Å². The molecule has 0 saturated carbocycles. The van der Waals surface area contributed by atoms with Crippen molar-refractivity contribution in [1.82, 2.24) is 5.32 Å². The Balaban J connectivity index is 3.15. The van der Waals surface area contributed by atoms with E-state index in [1.807, 2.05) is 5.32 Å². The normalized spacial score (nSPS) is 93.6. The smallest absolute Gasteiger partial charge is 0.0665 e. The molecule has 0 spiro atoms. The molecule has 7 heavy (non-hydrogen) atoms. The second kappa shape index (κ2) is 2.28. The van der Waals surface area contributed by atoms with Gasteiger partial charge in [-0.25, -0.2) is 0 Å². The lowest BCUT2D eigenvalue weighted by molar-refractivity contribution is 0.142. The van der Waals surface area contributed by atoms with Crippen molar-refractivity contribution in [1.29, 1.82) is 0 Å². The first-order chi connectivity index (χ1) is 6.04. The van der Waals surface area contributed by atoms with Gasteiger partial charge in [-0.15, -0.1) is 0 Å². The van der Waals surface area contributed by atoms with Gasteiger partial charge in [-0.2, -0.15) is 0 Å². The Morgan fingerprint density at radius 3 is 3.71 bits per heavy atom. The molecule has 2 N–H and O–H groups in total. The van der Waals surface area contributed by atoms with Crippen molar-refractivity contribution in [2.75, 3.05) is 13.0 Å². The number of piperidine rings is 1. The summed E-state index contributed by atoms with van der Waals surface area (Å²) in [5.74, 6) is 0. The maximum atomic E-state index is 9.37. The Labute approximate surface area is 53.4 Å². The summed E-state index contributed by atoms with van der Waals surface area (Å²) in [6, 6.07) is 0. The van der Waals surface area contributed by atoms with Crippen molar-refractivity contribution in [2.24, 2.45) is 0 Å². The van der Waals surface area contributed by atoms with E-state index in [-0.39, 0.29) is 0 Å². The molecule has 0 aliphatic carbocycles. The zero-order chi connectivity index (χ0) is 11.4. The molecule has 0 amide bonds. The summed E-state index contributed by atoms with van der Waals surface area (Å²) in [5.41, 5.74) is 0. The summed E-state index contributed by atoms with van der Waals surface area (Å²) in [6.45, 7) is -4.26. The third-order valence-electron chi connectivity index (χ3n) is 0.577. The largest absolute Gasteiger partial charge is 0.392 e. The van der Waals surface area contributed by atoms with Crippen LogP contribution in [0.3, 0.4) is 0 Å². The van der Waals surface area contributed by atoms with Crippen LogP contribution in [-0.4, -0.2) is 24.2 Å². The molecule has 0 aromatic carbocycles. The highest BCUT2D eigenvalue weighted by molar-refractivity contribution is 4.65. The standard InChI is InChI=1S/C5H11NO/c7-5-2-1-3-6-4-5/h5-7H,1-4H2/i1D,2D2,3D,4D2,5D. The van der Waals surface area contributed by atoms with Crippen molar-refractivity contribution in [3.63, 3.8) is 0 Å². The Kier molecular flexibility index (Phi) is 0.408. The van der Waals surface area contributed by atoms with Gasteiger partial charge in [0.1, 0.15) is 0 Å². The number of rotatable bonds is 0. The maximum Gasteiger partial charge on any atom is 0.0665 e. The summed E-state index contributed by atoms with van der Waals surface area (Å²) < 4.78 is 50.5. The van der Waals surface area contributed by atoms with E-state index in [1.165, 1.54) is 0 Å². The molecule has 0 radical (unpaired) electrons. The van der Waals surface area contributed by atoms with Crippen LogP contribution in [-0.2, 0) is 0 Å². The second-order valence-electron chi connectivity index (χ2n) is 1.10. The van der Waals surface area contributed by atoms with Crippen LogP contribution in [0.4, 0.5) is 0 Å².